The largest absolute Gasteiger partial charge is 0.352 e. The van der Waals surface area contributed by atoms with E-state index < -0.39 is 28.5 Å². The molecule has 0 radical (unpaired) electrons. The van der Waals surface area contributed by atoms with Crippen LogP contribution in [0, 0.1) is 0 Å². The molecule has 3 rings (SSSR count). The van der Waals surface area contributed by atoms with Crippen LogP contribution in [0.15, 0.2) is 53.0 Å². The lowest BCUT2D eigenvalue weighted by molar-refractivity contribution is -0.139. The van der Waals surface area contributed by atoms with Crippen molar-refractivity contribution in [1.82, 2.24) is 10.2 Å². The van der Waals surface area contributed by atoms with Gasteiger partial charge in [0.1, 0.15) is 12.6 Å². The second-order valence-corrected chi connectivity index (χ2v) is 11.8. The summed E-state index contributed by atoms with van der Waals surface area (Å²) in [6, 6.07) is 13.1. The third-order valence-corrected chi connectivity index (χ3v) is 7.95. The molecular weight excluding hydrogens is 542 g/mol. The summed E-state index contributed by atoms with van der Waals surface area (Å²) in [5.74, 6) is -0.764. The van der Waals surface area contributed by atoms with E-state index in [2.05, 4.69) is 21.2 Å². The average molecular weight is 571 g/mol. The lowest BCUT2D eigenvalue weighted by Gasteiger charge is -2.32. The number of amides is 2. The van der Waals surface area contributed by atoms with Crippen LogP contribution in [0.1, 0.15) is 38.2 Å². The van der Waals surface area contributed by atoms with Crippen molar-refractivity contribution in [1.29, 1.82) is 0 Å². The van der Waals surface area contributed by atoms with Crippen LogP contribution in [0.5, 0.6) is 0 Å². The van der Waals surface area contributed by atoms with Crippen molar-refractivity contribution >= 4 is 55.1 Å². The second kappa shape index (κ2) is 11.6. The molecule has 184 valence electrons. The summed E-state index contributed by atoms with van der Waals surface area (Å²) < 4.78 is 26.9. The molecule has 1 saturated carbocycles. The Hall–Kier alpha value is -2.10. The number of anilines is 1. The Bertz CT molecular complexity index is 1140. The normalized spacial score (nSPS) is 15.1. The predicted molar refractivity (Wildman–Crippen MR) is 138 cm³/mol. The van der Waals surface area contributed by atoms with Gasteiger partial charge in [-0.3, -0.25) is 13.9 Å². The number of rotatable bonds is 9. The van der Waals surface area contributed by atoms with Gasteiger partial charge in [-0.1, -0.05) is 64.6 Å². The molecule has 1 aliphatic rings. The van der Waals surface area contributed by atoms with E-state index in [0.717, 1.165) is 36.2 Å². The number of carbonyl (C=O) groups is 2. The first kappa shape index (κ1) is 26.5. The molecule has 0 saturated heterocycles. The van der Waals surface area contributed by atoms with Gasteiger partial charge in [-0.25, -0.2) is 8.42 Å². The zero-order valence-electron chi connectivity index (χ0n) is 19.2. The molecule has 34 heavy (non-hydrogen) atoms. The monoisotopic (exact) mass is 569 g/mol. The number of carbonyl (C=O) groups excluding carboxylic acids is 2. The van der Waals surface area contributed by atoms with E-state index in [1.54, 1.807) is 55.5 Å². The van der Waals surface area contributed by atoms with Gasteiger partial charge in [-0.2, -0.15) is 0 Å². The molecule has 1 N–H and O–H groups in total. The van der Waals surface area contributed by atoms with Crippen LogP contribution in [-0.2, 0) is 26.2 Å². The summed E-state index contributed by atoms with van der Waals surface area (Å²) in [7, 11) is -3.77. The molecule has 1 aliphatic carbocycles. The van der Waals surface area contributed by atoms with Gasteiger partial charge in [0, 0.05) is 22.1 Å². The minimum atomic E-state index is -3.77. The summed E-state index contributed by atoms with van der Waals surface area (Å²) in [6.45, 7) is 1.29. The molecule has 2 amide bonds. The number of hydrogen-bond donors (Lipinski definition) is 1. The van der Waals surface area contributed by atoms with Gasteiger partial charge in [-0.15, -0.1) is 0 Å². The highest BCUT2D eigenvalue weighted by Crippen LogP contribution is 2.24. The van der Waals surface area contributed by atoms with E-state index in [1.165, 1.54) is 4.90 Å². The maximum atomic E-state index is 13.5. The molecule has 0 unspecified atom stereocenters. The van der Waals surface area contributed by atoms with Crippen LogP contribution in [0.3, 0.4) is 0 Å². The molecule has 10 heteroatoms. The quantitative estimate of drug-likeness (QED) is 0.486. The van der Waals surface area contributed by atoms with Crippen molar-refractivity contribution in [2.24, 2.45) is 0 Å². The van der Waals surface area contributed by atoms with Crippen LogP contribution >= 0.6 is 27.5 Å². The van der Waals surface area contributed by atoms with Crippen LogP contribution < -0.4 is 9.62 Å². The van der Waals surface area contributed by atoms with Crippen molar-refractivity contribution in [2.75, 3.05) is 17.1 Å². The topological polar surface area (TPSA) is 86.8 Å². The van der Waals surface area contributed by atoms with Crippen LogP contribution in [0.4, 0.5) is 5.69 Å². The molecule has 0 heterocycles. The number of nitrogens with one attached hydrogen (secondary N) is 1. The molecule has 2 aromatic carbocycles. The molecule has 0 spiro atoms. The highest BCUT2D eigenvalue weighted by Gasteiger charge is 2.31. The smallest absolute Gasteiger partial charge is 0.244 e. The van der Waals surface area contributed by atoms with Crippen molar-refractivity contribution in [3.8, 4) is 0 Å². The first-order valence-electron chi connectivity index (χ1n) is 11.1. The molecule has 2 aromatic rings. The predicted octanol–water partition coefficient (Wildman–Crippen LogP) is 4.34. The SMILES string of the molecule is C[C@H](C(=O)NC1CCCC1)N(Cc1ccccc1Cl)C(=O)CN(c1cccc(Br)c1)S(C)(=O)=O. The first-order valence-corrected chi connectivity index (χ1v) is 14.1. The Labute approximate surface area is 214 Å². The van der Waals surface area contributed by atoms with Crippen molar-refractivity contribution in [3.05, 3.63) is 63.6 Å². The lowest BCUT2D eigenvalue weighted by atomic mass is 10.1. The van der Waals surface area contributed by atoms with Gasteiger partial charge in [0.05, 0.1) is 11.9 Å². The Morgan fingerprint density at radius 1 is 1.15 bits per heavy atom. The Morgan fingerprint density at radius 2 is 1.82 bits per heavy atom. The third-order valence-electron chi connectivity index (χ3n) is 5.94. The summed E-state index contributed by atoms with van der Waals surface area (Å²) in [5.41, 5.74) is 1.03. The third kappa shape index (κ3) is 6.96. The number of nitrogens with zero attached hydrogens (tertiary/aromatic N) is 2. The number of hydrogen-bond acceptors (Lipinski definition) is 4. The van der Waals surface area contributed by atoms with Gasteiger partial charge >= 0.3 is 0 Å². The van der Waals surface area contributed by atoms with Gasteiger partial charge in [0.15, 0.2) is 0 Å². The highest BCUT2D eigenvalue weighted by molar-refractivity contribution is 9.10. The van der Waals surface area contributed by atoms with E-state index in [4.69, 9.17) is 11.6 Å². The van der Waals surface area contributed by atoms with Crippen molar-refractivity contribution in [3.63, 3.8) is 0 Å². The maximum Gasteiger partial charge on any atom is 0.244 e. The van der Waals surface area contributed by atoms with Gasteiger partial charge < -0.3 is 10.2 Å². The Morgan fingerprint density at radius 3 is 2.44 bits per heavy atom. The Balaban J connectivity index is 1.89. The zero-order chi connectivity index (χ0) is 24.9. The van der Waals surface area contributed by atoms with E-state index in [9.17, 15) is 18.0 Å². The lowest BCUT2D eigenvalue weighted by Crippen LogP contribution is -2.52. The summed E-state index contributed by atoms with van der Waals surface area (Å²) >= 11 is 9.68. The molecule has 1 fully saturated rings. The van der Waals surface area contributed by atoms with E-state index in [-0.39, 0.29) is 18.5 Å². The minimum absolute atomic E-state index is 0.0772. The van der Waals surface area contributed by atoms with E-state index >= 15 is 0 Å². The summed E-state index contributed by atoms with van der Waals surface area (Å²) in [6.07, 6.45) is 5.02. The van der Waals surface area contributed by atoms with Gasteiger partial charge in [0.25, 0.3) is 0 Å². The zero-order valence-corrected chi connectivity index (χ0v) is 22.4. The van der Waals surface area contributed by atoms with E-state index in [1.807, 2.05) is 0 Å². The van der Waals surface area contributed by atoms with Gasteiger partial charge in [0.2, 0.25) is 21.8 Å². The number of benzene rings is 2. The average Bonchev–Trinajstić information content (AvgIpc) is 3.28. The summed E-state index contributed by atoms with van der Waals surface area (Å²) in [4.78, 5) is 28.0. The standard InChI is InChI=1S/C24H29BrClN3O4S/c1-17(24(31)27-20-10-4-5-11-20)28(15-18-8-3-6-13-22(18)26)23(30)16-29(34(2,32)33)21-12-7-9-19(25)14-21/h3,6-9,12-14,17,20H,4-5,10-11,15-16H2,1-2H3,(H,27,31)/t17-/m1/s1. The second-order valence-electron chi connectivity index (χ2n) is 8.53. The van der Waals surface area contributed by atoms with Crippen LogP contribution in [0.2, 0.25) is 5.02 Å². The van der Waals surface area contributed by atoms with Crippen molar-refractivity contribution < 1.29 is 18.0 Å². The fourth-order valence-corrected chi connectivity index (χ4v) is 5.45. The maximum absolute atomic E-state index is 13.5. The number of sulfonamides is 1. The van der Waals surface area contributed by atoms with Crippen molar-refractivity contribution in [2.45, 2.75) is 51.2 Å². The molecular formula is C24H29BrClN3O4S. The summed E-state index contributed by atoms with van der Waals surface area (Å²) in [5, 5.41) is 3.50. The number of halogens is 2. The fraction of sp³-hybridized carbons (Fsp3) is 0.417. The van der Waals surface area contributed by atoms with E-state index in [0.29, 0.717) is 20.7 Å². The molecule has 0 aliphatic heterocycles. The molecule has 7 nitrogen and oxygen atoms in total. The Kier molecular flexibility index (Phi) is 9.01. The van der Waals surface area contributed by atoms with Gasteiger partial charge in [-0.05, 0) is 49.6 Å². The van der Waals surface area contributed by atoms with Crippen LogP contribution in [0.25, 0.3) is 0 Å². The molecule has 0 bridgehead atoms. The molecule has 0 aromatic heterocycles. The van der Waals surface area contributed by atoms with Crippen LogP contribution in [-0.4, -0.2) is 50.0 Å². The highest BCUT2D eigenvalue weighted by atomic mass is 79.9. The molecule has 1 atom stereocenters. The fourth-order valence-electron chi connectivity index (χ4n) is 4.03. The minimum Gasteiger partial charge on any atom is -0.352 e. The first-order chi connectivity index (χ1) is 16.1.